The van der Waals surface area contributed by atoms with Gasteiger partial charge in [-0.2, -0.15) is 5.26 Å². The van der Waals surface area contributed by atoms with Crippen molar-refractivity contribution in [2.45, 2.75) is 19.9 Å². The van der Waals surface area contributed by atoms with Gasteiger partial charge in [-0.15, -0.1) is 0 Å². The van der Waals surface area contributed by atoms with Crippen LogP contribution in [-0.4, -0.2) is 21.6 Å². The van der Waals surface area contributed by atoms with E-state index in [9.17, 15) is 5.26 Å². The number of ether oxygens (including phenoxy) is 1. The number of imidazole rings is 1. The van der Waals surface area contributed by atoms with E-state index in [0.717, 1.165) is 51.6 Å². The number of aromatic nitrogens is 3. The lowest BCUT2D eigenvalue weighted by Crippen LogP contribution is -1.95. The van der Waals surface area contributed by atoms with Crippen LogP contribution >= 0.6 is 0 Å². The molecule has 4 rings (SSSR count). The lowest BCUT2D eigenvalue weighted by atomic mass is 10.0. The number of pyridine rings is 1. The van der Waals surface area contributed by atoms with E-state index in [4.69, 9.17) is 9.72 Å². The van der Waals surface area contributed by atoms with Crippen molar-refractivity contribution < 1.29 is 4.74 Å². The number of nitriles is 1. The second kappa shape index (κ2) is 5.50. The minimum Gasteiger partial charge on any atom is -0.497 e. The molecule has 2 aromatic carbocycles. The van der Waals surface area contributed by atoms with Crippen molar-refractivity contribution in [3.8, 4) is 11.8 Å². The van der Waals surface area contributed by atoms with Crippen LogP contribution in [0.15, 0.2) is 36.7 Å². The molecule has 0 aliphatic rings. The molecule has 0 unspecified atom stereocenters. The van der Waals surface area contributed by atoms with Crippen molar-refractivity contribution >= 4 is 32.8 Å². The SMILES string of the molecule is CCCn1cnc2c3c(C#N)c4ccc(OC)cc4nc3ccc21. The molecule has 2 aromatic heterocycles. The Bertz CT molecular complexity index is 1120. The molecule has 0 amide bonds. The third kappa shape index (κ3) is 2.00. The van der Waals surface area contributed by atoms with Gasteiger partial charge in [-0.3, -0.25) is 0 Å². The minimum atomic E-state index is 0.616. The molecule has 0 N–H and O–H groups in total. The van der Waals surface area contributed by atoms with Gasteiger partial charge in [-0.25, -0.2) is 9.97 Å². The Morgan fingerprint density at radius 3 is 2.83 bits per heavy atom. The number of rotatable bonds is 3. The van der Waals surface area contributed by atoms with E-state index in [1.54, 1.807) is 7.11 Å². The number of methoxy groups -OCH3 is 1. The van der Waals surface area contributed by atoms with Crippen LogP contribution in [0.5, 0.6) is 5.75 Å². The number of aryl methyl sites for hydroxylation is 1. The predicted molar refractivity (Wildman–Crippen MR) is 94.1 cm³/mol. The quantitative estimate of drug-likeness (QED) is 0.535. The molecule has 0 atom stereocenters. The Balaban J connectivity index is 2.15. The number of fused-ring (bicyclic) bond motifs is 4. The highest BCUT2D eigenvalue weighted by molar-refractivity contribution is 6.11. The maximum absolute atomic E-state index is 9.79. The van der Waals surface area contributed by atoms with Gasteiger partial charge in [-0.05, 0) is 30.7 Å². The van der Waals surface area contributed by atoms with Gasteiger partial charge in [0.2, 0.25) is 0 Å². The number of hydrogen-bond donors (Lipinski definition) is 0. The Labute approximate surface area is 139 Å². The fourth-order valence-corrected chi connectivity index (χ4v) is 3.20. The molecule has 24 heavy (non-hydrogen) atoms. The maximum atomic E-state index is 9.79. The van der Waals surface area contributed by atoms with Gasteiger partial charge < -0.3 is 9.30 Å². The fourth-order valence-electron chi connectivity index (χ4n) is 3.20. The molecule has 5 heteroatoms. The van der Waals surface area contributed by atoms with E-state index >= 15 is 0 Å². The van der Waals surface area contributed by atoms with E-state index in [1.807, 2.05) is 36.7 Å². The summed E-state index contributed by atoms with van der Waals surface area (Å²) in [5.74, 6) is 0.728. The van der Waals surface area contributed by atoms with Gasteiger partial charge >= 0.3 is 0 Å². The third-order valence-electron chi connectivity index (χ3n) is 4.31. The van der Waals surface area contributed by atoms with E-state index in [-0.39, 0.29) is 0 Å². The van der Waals surface area contributed by atoms with Crippen molar-refractivity contribution in [2.24, 2.45) is 0 Å². The first kappa shape index (κ1) is 14.5. The number of benzene rings is 2. The van der Waals surface area contributed by atoms with E-state index < -0.39 is 0 Å². The van der Waals surface area contributed by atoms with Crippen molar-refractivity contribution in [1.82, 2.24) is 14.5 Å². The van der Waals surface area contributed by atoms with Crippen LogP contribution in [0.4, 0.5) is 0 Å². The number of nitrogens with zero attached hydrogens (tertiary/aromatic N) is 4. The standard InChI is InChI=1S/C19H16N4O/c1-3-8-23-11-21-19-17(23)7-6-15-18(19)14(10-20)13-5-4-12(24-2)9-16(13)22-15/h4-7,9,11H,3,8H2,1-2H3. The third-order valence-corrected chi connectivity index (χ3v) is 4.31. The fraction of sp³-hybridized carbons (Fsp3) is 0.211. The molecule has 0 saturated carbocycles. The predicted octanol–water partition coefficient (Wildman–Crippen LogP) is 4.03. The lowest BCUT2D eigenvalue weighted by molar-refractivity contribution is 0.415. The normalized spacial score (nSPS) is 11.2. The highest BCUT2D eigenvalue weighted by atomic mass is 16.5. The zero-order chi connectivity index (χ0) is 16.7. The highest BCUT2D eigenvalue weighted by Crippen LogP contribution is 2.32. The molecule has 0 saturated heterocycles. The molecule has 5 nitrogen and oxygen atoms in total. The minimum absolute atomic E-state index is 0.616. The molecular weight excluding hydrogens is 300 g/mol. The zero-order valence-electron chi connectivity index (χ0n) is 13.6. The van der Waals surface area contributed by atoms with Crippen LogP contribution in [0, 0.1) is 11.3 Å². The second-order valence-electron chi connectivity index (χ2n) is 5.75. The van der Waals surface area contributed by atoms with Gasteiger partial charge in [0.15, 0.2) is 0 Å². The Hall–Kier alpha value is -3.13. The summed E-state index contributed by atoms with van der Waals surface area (Å²) in [5.41, 5.74) is 4.02. The van der Waals surface area contributed by atoms with Gasteiger partial charge in [-0.1, -0.05) is 6.92 Å². The summed E-state index contributed by atoms with van der Waals surface area (Å²) >= 11 is 0. The Morgan fingerprint density at radius 2 is 2.08 bits per heavy atom. The first-order chi connectivity index (χ1) is 11.8. The van der Waals surface area contributed by atoms with Crippen molar-refractivity contribution in [3.05, 3.63) is 42.2 Å². The summed E-state index contributed by atoms with van der Waals surface area (Å²) in [6, 6.07) is 11.9. The largest absolute Gasteiger partial charge is 0.497 e. The first-order valence-electron chi connectivity index (χ1n) is 7.92. The van der Waals surface area contributed by atoms with Crippen LogP contribution < -0.4 is 4.74 Å². The van der Waals surface area contributed by atoms with Crippen molar-refractivity contribution in [1.29, 1.82) is 5.26 Å². The summed E-state index contributed by atoms with van der Waals surface area (Å²) in [5, 5.41) is 11.4. The lowest BCUT2D eigenvalue weighted by Gasteiger charge is -2.08. The molecule has 2 heterocycles. The van der Waals surface area contributed by atoms with Gasteiger partial charge in [0.1, 0.15) is 11.8 Å². The summed E-state index contributed by atoms with van der Waals surface area (Å²) in [6.07, 6.45) is 2.87. The van der Waals surface area contributed by atoms with E-state index in [1.165, 1.54) is 0 Å². The average molecular weight is 316 g/mol. The Morgan fingerprint density at radius 1 is 1.21 bits per heavy atom. The van der Waals surface area contributed by atoms with E-state index in [0.29, 0.717) is 5.56 Å². The molecule has 118 valence electrons. The summed E-state index contributed by atoms with van der Waals surface area (Å²) in [4.78, 5) is 9.28. The average Bonchev–Trinajstić information content (AvgIpc) is 3.02. The van der Waals surface area contributed by atoms with Crippen LogP contribution in [-0.2, 0) is 6.54 Å². The van der Waals surface area contributed by atoms with Gasteiger partial charge in [0.05, 0.1) is 41.1 Å². The van der Waals surface area contributed by atoms with Crippen molar-refractivity contribution in [3.63, 3.8) is 0 Å². The monoisotopic (exact) mass is 316 g/mol. The Kier molecular flexibility index (Phi) is 3.31. The van der Waals surface area contributed by atoms with Crippen LogP contribution in [0.2, 0.25) is 0 Å². The smallest absolute Gasteiger partial charge is 0.121 e. The van der Waals surface area contributed by atoms with Gasteiger partial charge in [0, 0.05) is 23.4 Å². The summed E-state index contributed by atoms with van der Waals surface area (Å²) < 4.78 is 7.39. The van der Waals surface area contributed by atoms with Crippen molar-refractivity contribution in [2.75, 3.05) is 7.11 Å². The summed E-state index contributed by atoms with van der Waals surface area (Å²) in [6.45, 7) is 3.04. The molecule has 0 radical (unpaired) electrons. The van der Waals surface area contributed by atoms with Crippen LogP contribution in [0.1, 0.15) is 18.9 Å². The molecule has 0 bridgehead atoms. The molecule has 0 aliphatic heterocycles. The van der Waals surface area contributed by atoms with Crippen LogP contribution in [0.3, 0.4) is 0 Å². The molecule has 0 spiro atoms. The molecule has 0 aliphatic carbocycles. The number of hydrogen-bond acceptors (Lipinski definition) is 4. The molecular formula is C19H16N4O. The highest BCUT2D eigenvalue weighted by Gasteiger charge is 2.15. The molecule has 0 fully saturated rings. The first-order valence-corrected chi connectivity index (χ1v) is 7.92. The molecule has 4 aromatic rings. The summed E-state index contributed by atoms with van der Waals surface area (Å²) in [7, 11) is 1.62. The van der Waals surface area contributed by atoms with Gasteiger partial charge in [0.25, 0.3) is 0 Å². The van der Waals surface area contributed by atoms with E-state index in [2.05, 4.69) is 22.5 Å². The van der Waals surface area contributed by atoms with Crippen LogP contribution in [0.25, 0.3) is 32.8 Å². The second-order valence-corrected chi connectivity index (χ2v) is 5.75. The zero-order valence-corrected chi connectivity index (χ0v) is 13.6. The topological polar surface area (TPSA) is 63.7 Å². The maximum Gasteiger partial charge on any atom is 0.121 e.